The van der Waals surface area contributed by atoms with Crippen LogP contribution in [0.25, 0.3) is 0 Å². The van der Waals surface area contributed by atoms with Crippen molar-refractivity contribution in [2.24, 2.45) is 29.6 Å². The van der Waals surface area contributed by atoms with Crippen LogP contribution in [0.3, 0.4) is 0 Å². The maximum absolute atomic E-state index is 13.2. The lowest BCUT2D eigenvalue weighted by molar-refractivity contribution is -0.198. The zero-order valence-corrected chi connectivity index (χ0v) is 25.6. The zero-order valence-electron chi connectivity index (χ0n) is 24.6. The molecule has 2 aliphatic carbocycles. The van der Waals surface area contributed by atoms with Crippen LogP contribution in [0.4, 0.5) is 0 Å². The molecule has 0 spiro atoms. The van der Waals surface area contributed by atoms with Crippen LogP contribution in [-0.4, -0.2) is 115 Å². The third kappa shape index (κ3) is 7.21. The molecule has 4 rings (SSSR count). The van der Waals surface area contributed by atoms with Crippen LogP contribution in [0.5, 0.6) is 0 Å². The van der Waals surface area contributed by atoms with Crippen LogP contribution < -0.4 is 5.32 Å². The normalized spacial score (nSPS) is 26.2. The standard InChI is InChI=1S/C27H39N3O12Si/c1-37-43(38-2,39-3)16-19-17-4-5-18(19)25-24(17)26(35)29(27(25)36)11-8-20(31)28-10-13-41-15-14-40-12-9-23(34)42-30-21(32)6-7-22(30)33/h4-5,17-19,24-25H,6-16H2,1-3H3,(H,28,31). The van der Waals surface area contributed by atoms with E-state index >= 15 is 0 Å². The fraction of sp³-hybridized carbons (Fsp3) is 0.704. The summed E-state index contributed by atoms with van der Waals surface area (Å²) in [6.07, 6.45) is 3.94. The Labute approximate surface area is 250 Å². The number of amides is 5. The highest BCUT2D eigenvalue weighted by atomic mass is 28.4. The molecule has 5 amide bonds. The van der Waals surface area contributed by atoms with Crippen LogP contribution in [0.1, 0.15) is 25.7 Å². The third-order valence-electron chi connectivity index (χ3n) is 8.43. The molecule has 15 nitrogen and oxygen atoms in total. The lowest BCUT2D eigenvalue weighted by Gasteiger charge is -2.30. The molecule has 3 fully saturated rings. The molecule has 0 radical (unpaired) electrons. The van der Waals surface area contributed by atoms with E-state index in [9.17, 15) is 28.8 Å². The Bertz CT molecular complexity index is 1070. The highest BCUT2D eigenvalue weighted by molar-refractivity contribution is 6.60. The monoisotopic (exact) mass is 625 g/mol. The summed E-state index contributed by atoms with van der Waals surface area (Å²) in [5, 5.41) is 3.19. The SMILES string of the molecule is CO[Si](CC1C2C=CC1C1C(=O)N(CCC(=O)NCCOCCOCCC(=O)ON3C(=O)CCC3=O)C(=O)C21)(OC)OC. The van der Waals surface area contributed by atoms with E-state index < -0.39 is 38.4 Å². The minimum Gasteiger partial charge on any atom is -0.378 e. The van der Waals surface area contributed by atoms with Crippen molar-refractivity contribution in [2.45, 2.75) is 31.7 Å². The van der Waals surface area contributed by atoms with Crippen molar-refractivity contribution in [3.63, 3.8) is 0 Å². The number of carbonyl (C=O) groups is 6. The van der Waals surface area contributed by atoms with Gasteiger partial charge in [0.1, 0.15) is 0 Å². The average Bonchev–Trinajstić information content (AvgIpc) is 3.71. The lowest BCUT2D eigenvalue weighted by atomic mass is 9.85. The summed E-state index contributed by atoms with van der Waals surface area (Å²) in [7, 11) is 1.75. The van der Waals surface area contributed by atoms with Gasteiger partial charge in [-0.05, 0) is 17.8 Å². The molecule has 4 unspecified atom stereocenters. The Balaban J connectivity index is 1.07. The first-order valence-electron chi connectivity index (χ1n) is 14.3. The quantitative estimate of drug-likeness (QED) is 0.0890. The second-order valence-electron chi connectivity index (χ2n) is 10.7. The second-order valence-corrected chi connectivity index (χ2v) is 13.7. The molecule has 2 saturated heterocycles. The van der Waals surface area contributed by atoms with Gasteiger partial charge in [-0.15, -0.1) is 5.06 Å². The second kappa shape index (κ2) is 14.6. The summed E-state index contributed by atoms with van der Waals surface area (Å²) < 4.78 is 27.4. The predicted octanol–water partition coefficient (Wildman–Crippen LogP) is -0.565. The van der Waals surface area contributed by atoms with Crippen molar-refractivity contribution in [1.82, 2.24) is 15.3 Å². The van der Waals surface area contributed by atoms with Crippen LogP contribution in [0.15, 0.2) is 12.2 Å². The number of hydrogen-bond donors (Lipinski definition) is 1. The van der Waals surface area contributed by atoms with Gasteiger partial charge in [0.2, 0.25) is 17.7 Å². The van der Waals surface area contributed by atoms with Gasteiger partial charge < -0.3 is 32.9 Å². The summed E-state index contributed by atoms with van der Waals surface area (Å²) in [6, 6.07) is 0.517. The van der Waals surface area contributed by atoms with E-state index in [4.69, 9.17) is 27.6 Å². The molecule has 4 aliphatic rings. The number of carbonyl (C=O) groups excluding carboxylic acids is 6. The Morgan fingerprint density at radius 3 is 1.95 bits per heavy atom. The summed E-state index contributed by atoms with van der Waals surface area (Å²) in [5.41, 5.74) is 0. The molecular weight excluding hydrogens is 586 g/mol. The molecule has 2 aliphatic heterocycles. The molecule has 0 aromatic carbocycles. The number of allylic oxidation sites excluding steroid dienone is 2. The van der Waals surface area contributed by atoms with Crippen molar-refractivity contribution in [1.29, 1.82) is 0 Å². The van der Waals surface area contributed by atoms with Crippen molar-refractivity contribution in [3.8, 4) is 0 Å². The van der Waals surface area contributed by atoms with Gasteiger partial charge in [-0.2, -0.15) is 0 Å². The first-order chi connectivity index (χ1) is 20.7. The minimum absolute atomic E-state index is 0.00993. The lowest BCUT2D eigenvalue weighted by Crippen LogP contribution is -2.46. The van der Waals surface area contributed by atoms with Gasteiger partial charge in [0.25, 0.3) is 11.8 Å². The van der Waals surface area contributed by atoms with Crippen LogP contribution in [-0.2, 0) is 56.4 Å². The molecular formula is C27H39N3O12Si. The Hall–Kier alpha value is -3.02. The molecule has 1 N–H and O–H groups in total. The topological polar surface area (TPSA) is 176 Å². The van der Waals surface area contributed by atoms with Crippen LogP contribution in [0, 0.1) is 29.6 Å². The number of nitrogens with zero attached hydrogens (tertiary/aromatic N) is 2. The Morgan fingerprint density at radius 2 is 1.40 bits per heavy atom. The van der Waals surface area contributed by atoms with Crippen LogP contribution >= 0.6 is 0 Å². The third-order valence-corrected chi connectivity index (χ3v) is 11.3. The predicted molar refractivity (Wildman–Crippen MR) is 146 cm³/mol. The Kier molecular flexibility index (Phi) is 11.2. The average molecular weight is 626 g/mol. The van der Waals surface area contributed by atoms with E-state index in [2.05, 4.69) is 5.32 Å². The fourth-order valence-corrected chi connectivity index (χ4v) is 8.40. The molecule has 4 atom stereocenters. The summed E-state index contributed by atoms with van der Waals surface area (Å²) in [5.74, 6) is -3.65. The Morgan fingerprint density at radius 1 is 0.837 bits per heavy atom. The van der Waals surface area contributed by atoms with Gasteiger partial charge in [-0.3, -0.25) is 28.9 Å². The number of fused-ring (bicyclic) bond motifs is 5. The maximum Gasteiger partial charge on any atom is 0.500 e. The number of hydroxylamine groups is 2. The molecule has 43 heavy (non-hydrogen) atoms. The largest absolute Gasteiger partial charge is 0.500 e. The van der Waals surface area contributed by atoms with E-state index in [1.165, 1.54) is 4.90 Å². The molecule has 2 heterocycles. The zero-order chi connectivity index (χ0) is 31.1. The van der Waals surface area contributed by atoms with Gasteiger partial charge in [0, 0.05) is 59.7 Å². The first kappa shape index (κ1) is 32.9. The highest BCUT2D eigenvalue weighted by Gasteiger charge is 2.64. The summed E-state index contributed by atoms with van der Waals surface area (Å²) >= 11 is 0. The molecule has 0 aromatic rings. The van der Waals surface area contributed by atoms with Gasteiger partial charge >= 0.3 is 14.8 Å². The number of ether oxygens (including phenoxy) is 2. The summed E-state index contributed by atoms with van der Waals surface area (Å²) in [6.45, 7) is 0.898. The van der Waals surface area contributed by atoms with Gasteiger partial charge in [-0.1, -0.05) is 12.2 Å². The molecule has 16 heteroatoms. The minimum atomic E-state index is -2.89. The van der Waals surface area contributed by atoms with E-state index in [1.807, 2.05) is 12.2 Å². The molecule has 238 valence electrons. The van der Waals surface area contributed by atoms with E-state index in [1.54, 1.807) is 21.3 Å². The highest BCUT2D eigenvalue weighted by Crippen LogP contribution is 2.58. The first-order valence-corrected chi connectivity index (χ1v) is 16.3. The summed E-state index contributed by atoms with van der Waals surface area (Å²) in [4.78, 5) is 79.3. The molecule has 2 bridgehead atoms. The molecule has 1 saturated carbocycles. The van der Waals surface area contributed by atoms with Gasteiger partial charge in [0.15, 0.2) is 0 Å². The molecule has 0 aromatic heterocycles. The van der Waals surface area contributed by atoms with E-state index in [0.717, 1.165) is 0 Å². The van der Waals surface area contributed by atoms with Crippen molar-refractivity contribution >= 4 is 44.3 Å². The number of nitrogens with one attached hydrogen (secondary N) is 1. The number of rotatable bonds is 18. The van der Waals surface area contributed by atoms with Gasteiger partial charge in [-0.25, -0.2) is 4.79 Å². The van der Waals surface area contributed by atoms with Gasteiger partial charge in [0.05, 0.1) is 44.7 Å². The van der Waals surface area contributed by atoms with Crippen molar-refractivity contribution < 1.29 is 56.4 Å². The number of imide groups is 2. The fourth-order valence-electron chi connectivity index (χ4n) is 6.28. The van der Waals surface area contributed by atoms with Crippen LogP contribution in [0.2, 0.25) is 6.04 Å². The number of likely N-dealkylation sites (tertiary alicyclic amines) is 1. The van der Waals surface area contributed by atoms with E-state index in [0.29, 0.717) is 11.1 Å². The van der Waals surface area contributed by atoms with Crippen molar-refractivity contribution in [2.75, 3.05) is 60.8 Å². The van der Waals surface area contributed by atoms with Crippen molar-refractivity contribution in [3.05, 3.63) is 12.2 Å². The number of hydrogen-bond acceptors (Lipinski definition) is 12. The smallest absolute Gasteiger partial charge is 0.378 e. The maximum atomic E-state index is 13.2. The van der Waals surface area contributed by atoms with E-state index in [-0.39, 0.29) is 101 Å².